The average molecular weight is 700 g/mol. The van der Waals surface area contributed by atoms with Crippen LogP contribution in [0.4, 0.5) is 5.82 Å². The Morgan fingerprint density at radius 1 is 1.21 bits per heavy atom. The minimum Gasteiger partial charge on any atom is -0.756 e. The standard InChI is InChI=1S/C20H26N5O13P3S2/c1-11(43-42-2)12-5-3-4-6-13(12)20(26)36-14-7-16(25-10-24-17-18(21)22-9-23-19(17)25)35-15(14)8-34-40(30,31)38-41(32,33)37-39(27,28)29/h3-6,9-11,14-16H,7-8H2,1-2H3,(H,30,31)(H,32,33)(H2,21,22,23)(H2,27,28,29)/p-1/t11?,14?,15-,16-/m1/s1. The van der Waals surface area contributed by atoms with Crippen LogP contribution in [0.15, 0.2) is 36.9 Å². The highest BCUT2D eigenvalue weighted by molar-refractivity contribution is 8.76. The van der Waals surface area contributed by atoms with Gasteiger partial charge in [0.15, 0.2) is 11.5 Å². The van der Waals surface area contributed by atoms with E-state index in [0.717, 1.165) is 0 Å². The van der Waals surface area contributed by atoms with Gasteiger partial charge in [-0.25, -0.2) is 33.2 Å². The number of phosphoric acid groups is 3. The molecule has 0 spiro atoms. The van der Waals surface area contributed by atoms with Gasteiger partial charge in [-0.3, -0.25) is 9.13 Å². The number of carbonyl (C=O) groups excluding carboxylic acids is 1. The Labute approximate surface area is 251 Å². The van der Waals surface area contributed by atoms with Crippen LogP contribution >= 0.6 is 45.1 Å². The number of nitrogen functional groups attached to an aromatic ring is 1. The molecule has 1 fully saturated rings. The van der Waals surface area contributed by atoms with E-state index in [0.29, 0.717) is 5.56 Å². The van der Waals surface area contributed by atoms with Crippen LogP contribution in [-0.4, -0.2) is 65.2 Å². The minimum absolute atomic E-state index is 0.0454. The highest BCUT2D eigenvalue weighted by Crippen LogP contribution is 2.65. The molecule has 2 aromatic heterocycles. The van der Waals surface area contributed by atoms with E-state index in [1.807, 2.05) is 13.2 Å². The second-order valence-corrected chi connectivity index (χ2v) is 15.9. The van der Waals surface area contributed by atoms with E-state index in [9.17, 15) is 28.3 Å². The minimum atomic E-state index is -5.81. The summed E-state index contributed by atoms with van der Waals surface area (Å²) in [4.78, 5) is 64.6. The predicted molar refractivity (Wildman–Crippen MR) is 151 cm³/mol. The number of aromatic nitrogens is 4. The zero-order chi connectivity index (χ0) is 31.6. The molecule has 236 valence electrons. The van der Waals surface area contributed by atoms with Gasteiger partial charge in [0, 0.05) is 11.7 Å². The van der Waals surface area contributed by atoms with Crippen molar-refractivity contribution in [3.8, 4) is 0 Å². The predicted octanol–water partition coefficient (Wildman–Crippen LogP) is 2.71. The van der Waals surface area contributed by atoms with Crippen molar-refractivity contribution in [2.75, 3.05) is 18.6 Å². The quantitative estimate of drug-likeness (QED) is 0.113. The number of imidazole rings is 1. The number of benzene rings is 1. The summed E-state index contributed by atoms with van der Waals surface area (Å²) in [7, 11) is -14.1. The van der Waals surface area contributed by atoms with Gasteiger partial charge in [-0.2, -0.15) is 4.31 Å². The van der Waals surface area contributed by atoms with Crippen molar-refractivity contribution in [1.82, 2.24) is 19.5 Å². The monoisotopic (exact) mass is 700 g/mol. The number of anilines is 1. The molecule has 6 atom stereocenters. The molecule has 1 saturated heterocycles. The van der Waals surface area contributed by atoms with Crippen LogP contribution in [0.3, 0.4) is 0 Å². The van der Waals surface area contributed by atoms with Crippen molar-refractivity contribution < 1.29 is 60.7 Å². The summed E-state index contributed by atoms with van der Waals surface area (Å²) in [6, 6.07) is 6.79. The van der Waals surface area contributed by atoms with Crippen LogP contribution in [0.1, 0.15) is 40.7 Å². The molecule has 3 heterocycles. The molecule has 23 heteroatoms. The highest BCUT2D eigenvalue weighted by atomic mass is 33.1. The van der Waals surface area contributed by atoms with Crippen LogP contribution in [-0.2, 0) is 36.3 Å². The highest BCUT2D eigenvalue weighted by Gasteiger charge is 2.42. The van der Waals surface area contributed by atoms with Crippen LogP contribution in [0.2, 0.25) is 0 Å². The SMILES string of the molecule is CSSC(C)c1ccccc1C(=O)OC1C[C@H](n2cnc3c(N)ncnc32)O[C@@H]1COP(=O)([O-])OP(=O)(O)OP(=O)(O)O. The Morgan fingerprint density at radius 2 is 1.93 bits per heavy atom. The van der Waals surface area contributed by atoms with Gasteiger partial charge < -0.3 is 39.3 Å². The van der Waals surface area contributed by atoms with E-state index in [1.54, 1.807) is 24.3 Å². The lowest BCUT2D eigenvalue weighted by Gasteiger charge is -2.27. The Morgan fingerprint density at radius 3 is 2.63 bits per heavy atom. The maximum atomic E-state index is 13.4. The third kappa shape index (κ3) is 8.85. The molecule has 0 saturated carbocycles. The summed E-state index contributed by atoms with van der Waals surface area (Å²) in [6.45, 7) is 1.01. The molecule has 1 aromatic carbocycles. The van der Waals surface area contributed by atoms with Gasteiger partial charge in [0.25, 0.3) is 7.82 Å². The van der Waals surface area contributed by atoms with Crippen molar-refractivity contribution >= 4 is 68.0 Å². The Hall–Kier alpha value is -1.89. The molecule has 4 unspecified atom stereocenters. The van der Waals surface area contributed by atoms with Gasteiger partial charge in [-0.15, -0.1) is 0 Å². The third-order valence-corrected chi connectivity index (χ3v) is 11.8. The molecule has 3 aromatic rings. The van der Waals surface area contributed by atoms with Crippen molar-refractivity contribution in [2.24, 2.45) is 0 Å². The number of rotatable bonds is 13. The Balaban J connectivity index is 1.57. The number of ether oxygens (including phenoxy) is 2. The summed E-state index contributed by atoms with van der Waals surface area (Å²) >= 11 is 0. The molecule has 18 nitrogen and oxygen atoms in total. The number of hydrogen-bond acceptors (Lipinski definition) is 16. The molecule has 0 radical (unpaired) electrons. The zero-order valence-electron chi connectivity index (χ0n) is 22.1. The topological polar surface area (TPSA) is 268 Å². The van der Waals surface area contributed by atoms with E-state index in [-0.39, 0.29) is 34.2 Å². The molecule has 0 bridgehead atoms. The molecule has 4 rings (SSSR count). The van der Waals surface area contributed by atoms with Gasteiger partial charge in [-0.05, 0) is 24.8 Å². The first-order chi connectivity index (χ1) is 20.1. The van der Waals surface area contributed by atoms with Crippen molar-refractivity contribution in [2.45, 2.75) is 37.0 Å². The van der Waals surface area contributed by atoms with Crippen molar-refractivity contribution in [1.29, 1.82) is 0 Å². The second-order valence-electron chi connectivity index (χ2n) is 8.75. The average Bonchev–Trinajstić information content (AvgIpc) is 3.50. The van der Waals surface area contributed by atoms with Crippen molar-refractivity contribution in [3.63, 3.8) is 0 Å². The number of nitrogens with two attached hydrogens (primary N) is 1. The lowest BCUT2D eigenvalue weighted by Crippen LogP contribution is -2.32. The summed E-state index contributed by atoms with van der Waals surface area (Å²) in [5.41, 5.74) is 7.35. The van der Waals surface area contributed by atoms with Gasteiger partial charge >= 0.3 is 21.6 Å². The van der Waals surface area contributed by atoms with Crippen LogP contribution in [0, 0.1) is 0 Å². The van der Waals surface area contributed by atoms with Gasteiger partial charge in [0.2, 0.25) is 0 Å². The second kappa shape index (κ2) is 13.6. The number of nitrogens with zero attached hydrogens (tertiary/aromatic N) is 4. The molecule has 0 aliphatic carbocycles. The number of esters is 1. The Kier molecular flexibility index (Phi) is 10.8. The summed E-state index contributed by atoms with van der Waals surface area (Å²) in [5.74, 6) is -0.643. The van der Waals surface area contributed by atoms with Crippen LogP contribution in [0.5, 0.6) is 0 Å². The lowest BCUT2D eigenvalue weighted by molar-refractivity contribution is -0.221. The van der Waals surface area contributed by atoms with E-state index in [4.69, 9.17) is 25.0 Å². The summed E-state index contributed by atoms with van der Waals surface area (Å²) in [6.07, 6.45) is 1.03. The van der Waals surface area contributed by atoms with E-state index in [1.165, 1.54) is 38.8 Å². The first kappa shape index (κ1) is 34.0. The maximum absolute atomic E-state index is 13.4. The smallest absolute Gasteiger partial charge is 0.487 e. The molecule has 1 aliphatic heterocycles. The Bertz CT molecular complexity index is 1620. The first-order valence-electron chi connectivity index (χ1n) is 11.9. The molecule has 5 N–H and O–H groups in total. The largest absolute Gasteiger partial charge is 0.756 e. The van der Waals surface area contributed by atoms with E-state index in [2.05, 4.69) is 28.1 Å². The van der Waals surface area contributed by atoms with E-state index >= 15 is 0 Å². The van der Waals surface area contributed by atoms with Gasteiger partial charge in [0.1, 0.15) is 30.3 Å². The van der Waals surface area contributed by atoms with Crippen LogP contribution < -0.4 is 10.6 Å². The lowest BCUT2D eigenvalue weighted by atomic mass is 10.0. The number of hydrogen-bond donors (Lipinski definition) is 4. The fourth-order valence-corrected chi connectivity index (χ4v) is 8.89. The molecular formula is C20H25N5O13P3S2-. The molecule has 0 amide bonds. The number of carbonyl (C=O) groups is 1. The summed E-state index contributed by atoms with van der Waals surface area (Å²) < 4.78 is 60.0. The van der Waals surface area contributed by atoms with Crippen LogP contribution in [0.25, 0.3) is 11.2 Å². The molecular weight excluding hydrogens is 675 g/mol. The normalized spacial score (nSPS) is 22.6. The number of phosphoric ester groups is 1. The van der Waals surface area contributed by atoms with Crippen molar-refractivity contribution in [3.05, 3.63) is 48.0 Å². The molecule has 43 heavy (non-hydrogen) atoms. The van der Waals surface area contributed by atoms with Gasteiger partial charge in [-0.1, -0.05) is 39.8 Å². The fraction of sp³-hybridized carbons (Fsp3) is 0.400. The van der Waals surface area contributed by atoms with Gasteiger partial charge in [0.05, 0.1) is 18.5 Å². The maximum Gasteiger partial charge on any atom is 0.487 e. The first-order valence-corrected chi connectivity index (χ1v) is 19.0. The fourth-order valence-electron chi connectivity index (χ4n) is 4.12. The molecule has 1 aliphatic rings. The third-order valence-electron chi connectivity index (χ3n) is 5.81. The van der Waals surface area contributed by atoms with E-state index < -0.39 is 54.5 Å². The summed E-state index contributed by atoms with van der Waals surface area (Å²) in [5, 5.41) is -0.0825. The zero-order valence-corrected chi connectivity index (χ0v) is 26.5. The number of fused-ring (bicyclic) bond motifs is 1.